The molecule has 0 spiro atoms. The van der Waals surface area contributed by atoms with Crippen molar-refractivity contribution in [2.24, 2.45) is 0 Å². The average Bonchev–Trinajstić information content (AvgIpc) is 3.10. The Morgan fingerprint density at radius 3 is 1.51 bits per heavy atom. The Balaban J connectivity index is 1.26. The molecule has 0 saturated carbocycles. The summed E-state index contributed by atoms with van der Waals surface area (Å²) in [7, 11) is 0. The molecular formula is C44H31N. The number of rotatable bonds is 4. The van der Waals surface area contributed by atoms with E-state index in [1.165, 1.54) is 76.8 Å². The average molecular weight is 574 g/mol. The molecule has 1 nitrogen and oxygen atoms in total. The van der Waals surface area contributed by atoms with Crippen molar-refractivity contribution in [3.8, 4) is 44.6 Å². The van der Waals surface area contributed by atoms with Crippen LogP contribution in [0.4, 0.5) is 0 Å². The third-order valence-electron chi connectivity index (χ3n) is 9.94. The van der Waals surface area contributed by atoms with Crippen molar-refractivity contribution in [2.45, 2.75) is 19.3 Å². The maximum absolute atomic E-state index is 4.98. The predicted molar refractivity (Wildman–Crippen MR) is 191 cm³/mol. The summed E-state index contributed by atoms with van der Waals surface area (Å²) in [6.45, 7) is 4.76. The lowest BCUT2D eigenvalue weighted by Gasteiger charge is -2.35. The van der Waals surface area contributed by atoms with Crippen LogP contribution >= 0.6 is 0 Å². The number of benzene rings is 7. The smallest absolute Gasteiger partial charge is 0.0708 e. The number of hydrogen-bond acceptors (Lipinski definition) is 1. The van der Waals surface area contributed by atoms with Crippen LogP contribution in [0.2, 0.25) is 0 Å². The fourth-order valence-corrected chi connectivity index (χ4v) is 7.60. The van der Waals surface area contributed by atoms with Gasteiger partial charge in [0.2, 0.25) is 0 Å². The van der Waals surface area contributed by atoms with E-state index < -0.39 is 0 Å². The van der Waals surface area contributed by atoms with Crippen molar-refractivity contribution >= 4 is 32.3 Å². The molecule has 8 aromatic rings. The standard InChI is InChI=1S/C44H31N/c1-44(2)38-24-22-34(31-15-13-30(14-16-31)28-9-5-3-6-10-28)36-20-17-32-18-21-37-35(23-25-39(44)43(37)41(32)42(36)38)40-26-19-33(27-45-40)29-11-7-4-8-12-29/h3-27H,1-2H3. The summed E-state index contributed by atoms with van der Waals surface area (Å²) >= 11 is 0. The van der Waals surface area contributed by atoms with Gasteiger partial charge in [-0.2, -0.15) is 0 Å². The zero-order valence-electron chi connectivity index (χ0n) is 25.4. The van der Waals surface area contributed by atoms with Gasteiger partial charge in [-0.05, 0) is 77.3 Å². The van der Waals surface area contributed by atoms with E-state index >= 15 is 0 Å². The minimum Gasteiger partial charge on any atom is -0.256 e. The van der Waals surface area contributed by atoms with Gasteiger partial charge in [0.05, 0.1) is 5.69 Å². The van der Waals surface area contributed by atoms with Crippen LogP contribution < -0.4 is 0 Å². The molecule has 0 aliphatic heterocycles. The highest BCUT2D eigenvalue weighted by atomic mass is 14.7. The van der Waals surface area contributed by atoms with Gasteiger partial charge >= 0.3 is 0 Å². The fraction of sp³-hybridized carbons (Fsp3) is 0.0682. The largest absolute Gasteiger partial charge is 0.256 e. The lowest BCUT2D eigenvalue weighted by atomic mass is 9.68. The molecule has 0 unspecified atom stereocenters. The van der Waals surface area contributed by atoms with E-state index in [2.05, 4.69) is 159 Å². The van der Waals surface area contributed by atoms with Gasteiger partial charge in [-0.1, -0.05) is 153 Å². The third kappa shape index (κ3) is 3.90. The van der Waals surface area contributed by atoms with Crippen molar-refractivity contribution in [3.05, 3.63) is 163 Å². The highest BCUT2D eigenvalue weighted by molar-refractivity contribution is 6.27. The highest BCUT2D eigenvalue weighted by Crippen LogP contribution is 2.51. The van der Waals surface area contributed by atoms with Crippen molar-refractivity contribution in [1.82, 2.24) is 4.98 Å². The second kappa shape index (κ2) is 9.74. The monoisotopic (exact) mass is 573 g/mol. The number of pyridine rings is 1. The predicted octanol–water partition coefficient (Wildman–Crippen LogP) is 11.8. The molecule has 0 atom stereocenters. The molecule has 212 valence electrons. The quantitative estimate of drug-likeness (QED) is 0.191. The van der Waals surface area contributed by atoms with Crippen molar-refractivity contribution in [2.75, 3.05) is 0 Å². The van der Waals surface area contributed by atoms with Crippen LogP contribution in [0.15, 0.2) is 152 Å². The molecule has 0 fully saturated rings. The topological polar surface area (TPSA) is 12.9 Å². The van der Waals surface area contributed by atoms with Crippen molar-refractivity contribution in [1.29, 1.82) is 0 Å². The Morgan fingerprint density at radius 1 is 0.400 bits per heavy atom. The van der Waals surface area contributed by atoms with Crippen LogP contribution in [0, 0.1) is 0 Å². The molecular weight excluding hydrogens is 542 g/mol. The molecule has 0 radical (unpaired) electrons. The molecule has 7 aromatic carbocycles. The molecule has 1 aliphatic rings. The Hall–Kier alpha value is -5.53. The first kappa shape index (κ1) is 25.9. The lowest BCUT2D eigenvalue weighted by molar-refractivity contribution is 0.652. The Kier molecular flexibility index (Phi) is 5.61. The molecule has 1 heterocycles. The van der Waals surface area contributed by atoms with Gasteiger partial charge in [0.25, 0.3) is 0 Å². The van der Waals surface area contributed by atoms with Crippen LogP contribution in [-0.4, -0.2) is 4.98 Å². The van der Waals surface area contributed by atoms with Gasteiger partial charge in [-0.25, -0.2) is 0 Å². The van der Waals surface area contributed by atoms with E-state index in [0.717, 1.165) is 11.3 Å². The summed E-state index contributed by atoms with van der Waals surface area (Å²) in [6, 6.07) is 53.1. The molecule has 9 rings (SSSR count). The number of nitrogens with zero attached hydrogens (tertiary/aromatic N) is 1. The highest BCUT2D eigenvalue weighted by Gasteiger charge is 2.33. The SMILES string of the molecule is CC1(C)c2ccc(-c3ccc(-c4ccccc4)cc3)c3ccc4ccc5c(-c6ccc(-c7ccccc7)cn6)ccc1c5c4c23. The fourth-order valence-electron chi connectivity index (χ4n) is 7.60. The van der Waals surface area contributed by atoms with Gasteiger partial charge in [-0.3, -0.25) is 4.98 Å². The van der Waals surface area contributed by atoms with Gasteiger partial charge in [-0.15, -0.1) is 0 Å². The van der Waals surface area contributed by atoms with E-state index in [4.69, 9.17) is 4.98 Å². The van der Waals surface area contributed by atoms with Crippen LogP contribution in [0.25, 0.3) is 77.0 Å². The second-order valence-corrected chi connectivity index (χ2v) is 12.8. The molecule has 0 saturated heterocycles. The minimum absolute atomic E-state index is 0.141. The third-order valence-corrected chi connectivity index (χ3v) is 9.94. The first-order valence-electron chi connectivity index (χ1n) is 15.7. The maximum Gasteiger partial charge on any atom is 0.0708 e. The molecule has 1 aromatic heterocycles. The Labute approximate surface area is 263 Å². The molecule has 0 amide bonds. The van der Waals surface area contributed by atoms with E-state index in [1.54, 1.807) is 0 Å². The summed E-state index contributed by atoms with van der Waals surface area (Å²) in [5, 5.41) is 7.97. The molecule has 45 heavy (non-hydrogen) atoms. The van der Waals surface area contributed by atoms with E-state index in [9.17, 15) is 0 Å². The molecule has 1 aliphatic carbocycles. The Morgan fingerprint density at radius 2 is 0.911 bits per heavy atom. The summed E-state index contributed by atoms with van der Waals surface area (Å²) in [5.41, 5.74) is 12.1. The summed E-state index contributed by atoms with van der Waals surface area (Å²) in [4.78, 5) is 4.98. The zero-order chi connectivity index (χ0) is 30.1. The molecule has 0 N–H and O–H groups in total. The lowest BCUT2D eigenvalue weighted by Crippen LogP contribution is -2.22. The van der Waals surface area contributed by atoms with E-state index in [0.29, 0.717) is 0 Å². The van der Waals surface area contributed by atoms with Gasteiger partial charge in [0.1, 0.15) is 0 Å². The zero-order valence-corrected chi connectivity index (χ0v) is 25.4. The van der Waals surface area contributed by atoms with Crippen LogP contribution in [0.1, 0.15) is 25.0 Å². The van der Waals surface area contributed by atoms with Crippen LogP contribution in [0.3, 0.4) is 0 Å². The first-order chi connectivity index (χ1) is 22.1. The summed E-state index contributed by atoms with van der Waals surface area (Å²) in [6.07, 6.45) is 2.00. The molecule has 0 bridgehead atoms. The normalized spacial score (nSPS) is 13.3. The maximum atomic E-state index is 4.98. The Bertz CT molecular complexity index is 2230. The first-order valence-corrected chi connectivity index (χ1v) is 15.7. The summed E-state index contributed by atoms with van der Waals surface area (Å²) in [5.74, 6) is 0. The molecule has 1 heteroatoms. The number of hydrogen-bond donors (Lipinski definition) is 0. The van der Waals surface area contributed by atoms with Gasteiger partial charge in [0.15, 0.2) is 0 Å². The van der Waals surface area contributed by atoms with Gasteiger partial charge < -0.3 is 0 Å². The minimum atomic E-state index is -0.141. The number of aromatic nitrogens is 1. The van der Waals surface area contributed by atoms with E-state index in [-0.39, 0.29) is 5.41 Å². The van der Waals surface area contributed by atoms with Crippen LogP contribution in [-0.2, 0) is 5.41 Å². The van der Waals surface area contributed by atoms with Crippen molar-refractivity contribution < 1.29 is 0 Å². The van der Waals surface area contributed by atoms with Crippen molar-refractivity contribution in [3.63, 3.8) is 0 Å². The van der Waals surface area contributed by atoms with Gasteiger partial charge in [0, 0.05) is 22.7 Å². The summed E-state index contributed by atoms with van der Waals surface area (Å²) < 4.78 is 0. The van der Waals surface area contributed by atoms with Crippen LogP contribution in [0.5, 0.6) is 0 Å². The van der Waals surface area contributed by atoms with E-state index in [1.807, 2.05) is 6.20 Å². The second-order valence-electron chi connectivity index (χ2n) is 12.8.